The second-order valence-electron chi connectivity index (χ2n) is 6.32. The van der Waals surface area contributed by atoms with Crippen LogP contribution in [0, 0.1) is 0 Å². The van der Waals surface area contributed by atoms with Gasteiger partial charge in [-0.25, -0.2) is 0 Å². The van der Waals surface area contributed by atoms with Crippen LogP contribution < -0.4 is 10.1 Å². The summed E-state index contributed by atoms with van der Waals surface area (Å²) in [6.07, 6.45) is 7.53. The number of aryl methyl sites for hydroxylation is 1. The van der Waals surface area contributed by atoms with Crippen molar-refractivity contribution in [3.63, 3.8) is 0 Å². The quantitative estimate of drug-likeness (QED) is 0.620. The molecule has 0 bridgehead atoms. The number of nitrogens with one attached hydrogen (secondary N) is 1. The second-order valence-corrected chi connectivity index (χ2v) is 6.32. The van der Waals surface area contributed by atoms with Gasteiger partial charge in [-0.3, -0.25) is 14.5 Å². The molecular formula is C21H24N4O2. The number of carbonyl (C=O) groups is 1. The lowest BCUT2D eigenvalue weighted by molar-refractivity contribution is 0.0951. The molecule has 0 saturated carbocycles. The number of ether oxygens (including phenoxy) is 1. The van der Waals surface area contributed by atoms with Gasteiger partial charge in [0.2, 0.25) is 0 Å². The molecule has 2 aromatic heterocycles. The lowest BCUT2D eigenvalue weighted by Crippen LogP contribution is -2.23. The van der Waals surface area contributed by atoms with Crippen LogP contribution in [0.3, 0.4) is 0 Å². The highest BCUT2D eigenvalue weighted by Crippen LogP contribution is 2.20. The molecule has 3 rings (SSSR count). The van der Waals surface area contributed by atoms with Gasteiger partial charge in [-0.15, -0.1) is 0 Å². The molecule has 6 nitrogen and oxygen atoms in total. The molecule has 0 unspecified atom stereocenters. The maximum atomic E-state index is 12.5. The van der Waals surface area contributed by atoms with Crippen molar-refractivity contribution in [1.82, 2.24) is 20.1 Å². The minimum atomic E-state index is -0.129. The summed E-state index contributed by atoms with van der Waals surface area (Å²) >= 11 is 0. The van der Waals surface area contributed by atoms with Gasteiger partial charge in [0.05, 0.1) is 18.5 Å². The molecule has 3 aromatic rings. The highest BCUT2D eigenvalue weighted by molar-refractivity contribution is 5.94. The third-order valence-electron chi connectivity index (χ3n) is 4.19. The topological polar surface area (TPSA) is 69.0 Å². The summed E-state index contributed by atoms with van der Waals surface area (Å²) in [5, 5.41) is 7.15. The minimum Gasteiger partial charge on any atom is -0.494 e. The third kappa shape index (κ3) is 4.94. The zero-order chi connectivity index (χ0) is 19.1. The fraction of sp³-hybridized carbons (Fsp3) is 0.286. The molecule has 0 fully saturated rings. The Kier molecular flexibility index (Phi) is 6.20. The van der Waals surface area contributed by atoms with E-state index in [1.54, 1.807) is 29.2 Å². The van der Waals surface area contributed by atoms with E-state index in [4.69, 9.17) is 4.74 Å². The number of hydrogen-bond donors (Lipinski definition) is 1. The summed E-state index contributed by atoms with van der Waals surface area (Å²) in [6.45, 7) is 3.21. The van der Waals surface area contributed by atoms with Crippen LogP contribution in [0.2, 0.25) is 0 Å². The van der Waals surface area contributed by atoms with Crippen molar-refractivity contribution in [2.45, 2.75) is 26.3 Å². The van der Waals surface area contributed by atoms with Crippen LogP contribution in [0.1, 0.15) is 35.7 Å². The first-order chi connectivity index (χ1) is 13.2. The Morgan fingerprint density at radius 1 is 1.22 bits per heavy atom. The number of pyridine rings is 1. The summed E-state index contributed by atoms with van der Waals surface area (Å²) in [4.78, 5) is 16.9. The maximum Gasteiger partial charge on any atom is 0.251 e. The van der Waals surface area contributed by atoms with E-state index in [0.29, 0.717) is 18.7 Å². The standard InChI is InChI=1S/C21H24N4O2/c1-3-4-12-27-19-9-7-16(8-10-19)21(26)23-13-17-6-5-11-22-20(17)18-14-24-25(2)15-18/h5-11,14-15H,3-4,12-13H2,1-2H3,(H,23,26). The number of nitrogens with zero attached hydrogens (tertiary/aromatic N) is 3. The zero-order valence-corrected chi connectivity index (χ0v) is 15.7. The van der Waals surface area contributed by atoms with Crippen LogP contribution in [0.5, 0.6) is 5.75 Å². The molecule has 140 valence electrons. The highest BCUT2D eigenvalue weighted by atomic mass is 16.5. The van der Waals surface area contributed by atoms with Crippen LogP contribution >= 0.6 is 0 Å². The Morgan fingerprint density at radius 2 is 2.04 bits per heavy atom. The van der Waals surface area contributed by atoms with Crippen molar-refractivity contribution < 1.29 is 9.53 Å². The number of benzene rings is 1. The molecule has 1 N–H and O–H groups in total. The molecule has 1 aromatic carbocycles. The van der Waals surface area contributed by atoms with Crippen LogP contribution in [-0.2, 0) is 13.6 Å². The zero-order valence-electron chi connectivity index (χ0n) is 15.7. The fourth-order valence-electron chi connectivity index (χ4n) is 2.70. The summed E-state index contributed by atoms with van der Waals surface area (Å²) in [6, 6.07) is 11.0. The van der Waals surface area contributed by atoms with Crippen molar-refractivity contribution >= 4 is 5.91 Å². The summed E-state index contributed by atoms with van der Waals surface area (Å²) in [7, 11) is 1.86. The van der Waals surface area contributed by atoms with Gasteiger partial charge >= 0.3 is 0 Å². The number of unbranched alkanes of at least 4 members (excludes halogenated alkanes) is 1. The Labute approximate surface area is 159 Å². The lowest BCUT2D eigenvalue weighted by Gasteiger charge is -2.10. The molecule has 0 saturated heterocycles. The van der Waals surface area contributed by atoms with Gasteiger partial charge in [0.15, 0.2) is 0 Å². The van der Waals surface area contributed by atoms with E-state index in [-0.39, 0.29) is 5.91 Å². The maximum absolute atomic E-state index is 12.5. The summed E-state index contributed by atoms with van der Waals surface area (Å²) < 4.78 is 7.36. The molecule has 0 atom stereocenters. The number of amides is 1. The van der Waals surface area contributed by atoms with E-state index in [9.17, 15) is 4.79 Å². The Balaban J connectivity index is 1.63. The summed E-state index contributed by atoms with van der Waals surface area (Å²) in [5.74, 6) is 0.655. The Bertz CT molecular complexity index is 887. The number of carbonyl (C=O) groups excluding carboxylic acids is 1. The number of hydrogen-bond acceptors (Lipinski definition) is 4. The molecule has 6 heteroatoms. The molecule has 0 radical (unpaired) electrons. The highest BCUT2D eigenvalue weighted by Gasteiger charge is 2.11. The third-order valence-corrected chi connectivity index (χ3v) is 4.19. The predicted octanol–water partition coefficient (Wildman–Crippen LogP) is 3.59. The largest absolute Gasteiger partial charge is 0.494 e. The second kappa shape index (κ2) is 8.98. The van der Waals surface area contributed by atoms with Crippen molar-refractivity contribution in [3.05, 3.63) is 66.1 Å². The van der Waals surface area contributed by atoms with Crippen LogP contribution in [0.25, 0.3) is 11.3 Å². The average Bonchev–Trinajstić information content (AvgIpc) is 3.13. The van der Waals surface area contributed by atoms with Gasteiger partial charge in [-0.2, -0.15) is 5.10 Å². The Morgan fingerprint density at radius 3 is 2.74 bits per heavy atom. The molecule has 0 aliphatic carbocycles. The first-order valence-corrected chi connectivity index (χ1v) is 9.11. The van der Waals surface area contributed by atoms with Crippen LogP contribution in [0.15, 0.2) is 55.0 Å². The molecule has 27 heavy (non-hydrogen) atoms. The lowest BCUT2D eigenvalue weighted by atomic mass is 10.1. The molecular weight excluding hydrogens is 340 g/mol. The normalized spacial score (nSPS) is 10.6. The van der Waals surface area contributed by atoms with Gasteiger partial charge in [-0.05, 0) is 42.3 Å². The van der Waals surface area contributed by atoms with Crippen LogP contribution in [-0.4, -0.2) is 27.3 Å². The molecule has 0 spiro atoms. The van der Waals surface area contributed by atoms with Gasteiger partial charge in [0.25, 0.3) is 5.91 Å². The molecule has 0 aliphatic rings. The van der Waals surface area contributed by atoms with Crippen LogP contribution in [0.4, 0.5) is 0 Å². The van der Waals surface area contributed by atoms with E-state index >= 15 is 0 Å². The minimum absolute atomic E-state index is 0.129. The first kappa shape index (κ1) is 18.6. The number of aromatic nitrogens is 3. The summed E-state index contributed by atoms with van der Waals surface area (Å²) in [5.41, 5.74) is 3.30. The predicted molar refractivity (Wildman–Crippen MR) is 104 cm³/mol. The SMILES string of the molecule is CCCCOc1ccc(C(=O)NCc2cccnc2-c2cnn(C)c2)cc1. The smallest absolute Gasteiger partial charge is 0.251 e. The van der Waals surface area contributed by atoms with E-state index in [2.05, 4.69) is 22.3 Å². The van der Waals surface area contributed by atoms with Gasteiger partial charge in [-0.1, -0.05) is 19.4 Å². The molecule has 0 aliphatic heterocycles. The van der Waals surface area contributed by atoms with Crippen molar-refractivity contribution in [1.29, 1.82) is 0 Å². The Hall–Kier alpha value is -3.15. The van der Waals surface area contributed by atoms with Gasteiger partial charge in [0.1, 0.15) is 5.75 Å². The van der Waals surface area contributed by atoms with Crippen molar-refractivity contribution in [3.8, 4) is 17.0 Å². The van der Waals surface area contributed by atoms with Gasteiger partial charge < -0.3 is 10.1 Å². The molecule has 2 heterocycles. The van der Waals surface area contributed by atoms with E-state index in [0.717, 1.165) is 35.4 Å². The van der Waals surface area contributed by atoms with Crippen molar-refractivity contribution in [2.75, 3.05) is 6.61 Å². The van der Waals surface area contributed by atoms with Crippen molar-refractivity contribution in [2.24, 2.45) is 7.05 Å². The monoisotopic (exact) mass is 364 g/mol. The van der Waals surface area contributed by atoms with Gasteiger partial charge in [0, 0.05) is 37.1 Å². The van der Waals surface area contributed by atoms with E-state index < -0.39 is 0 Å². The fourth-order valence-corrected chi connectivity index (χ4v) is 2.70. The average molecular weight is 364 g/mol. The number of rotatable bonds is 8. The molecule has 1 amide bonds. The first-order valence-electron chi connectivity index (χ1n) is 9.11. The van der Waals surface area contributed by atoms with E-state index in [1.165, 1.54) is 0 Å². The van der Waals surface area contributed by atoms with E-state index in [1.807, 2.05) is 37.5 Å².